The Morgan fingerprint density at radius 2 is 2.50 bits per heavy atom. The van der Waals surface area contributed by atoms with Gasteiger partial charge in [0, 0.05) is 6.08 Å². The zero-order valence-corrected chi connectivity index (χ0v) is 5.87. The molecule has 3 nitrogen and oxygen atoms in total. The summed E-state index contributed by atoms with van der Waals surface area (Å²) in [4.78, 5) is 10.5. The minimum absolute atomic E-state index is 0.115. The minimum atomic E-state index is -0.386. The van der Waals surface area contributed by atoms with E-state index in [1.54, 1.807) is 0 Å². The summed E-state index contributed by atoms with van der Waals surface area (Å²) >= 11 is 0. The van der Waals surface area contributed by atoms with E-state index in [1.165, 1.54) is 0 Å². The third-order valence-corrected chi connectivity index (χ3v) is 1.39. The molecule has 0 spiro atoms. The molecule has 1 rings (SSSR count). The van der Waals surface area contributed by atoms with Crippen LogP contribution in [0, 0.1) is 0 Å². The molecule has 0 N–H and O–H groups in total. The molecule has 3 heteroatoms. The fourth-order valence-electron chi connectivity index (χ4n) is 0.628. The van der Waals surface area contributed by atoms with Crippen LogP contribution in [0.4, 0.5) is 0 Å². The van der Waals surface area contributed by atoms with Crippen molar-refractivity contribution in [1.82, 2.24) is 0 Å². The maximum absolute atomic E-state index is 10.5. The molecular weight excluding hydrogens is 132 g/mol. The molecule has 2 unspecified atom stereocenters. The van der Waals surface area contributed by atoms with E-state index < -0.39 is 0 Å². The number of rotatable bonds is 3. The fraction of sp³-hybridized carbons (Fsp3) is 0.571. The predicted molar refractivity (Wildman–Crippen MR) is 35.5 cm³/mol. The molecule has 0 saturated carbocycles. The quantitative estimate of drug-likeness (QED) is 0.327. The first-order valence-electron chi connectivity index (χ1n) is 3.18. The summed E-state index contributed by atoms with van der Waals surface area (Å²) in [5.74, 6) is -0.386. The van der Waals surface area contributed by atoms with Crippen LogP contribution in [-0.2, 0) is 14.3 Å². The van der Waals surface area contributed by atoms with Gasteiger partial charge in [-0.3, -0.25) is 0 Å². The molecule has 56 valence electrons. The number of epoxide rings is 1. The first-order valence-corrected chi connectivity index (χ1v) is 3.18. The number of carbonyl (C=O) groups is 1. The molecule has 1 aliphatic heterocycles. The highest BCUT2D eigenvalue weighted by molar-refractivity contribution is 5.81. The van der Waals surface area contributed by atoms with Gasteiger partial charge >= 0.3 is 5.97 Å². The Morgan fingerprint density at radius 3 is 2.90 bits per heavy atom. The average Bonchev–Trinajstić information content (AvgIpc) is 2.61. The van der Waals surface area contributed by atoms with Crippen LogP contribution in [0.1, 0.15) is 6.92 Å². The van der Waals surface area contributed by atoms with Gasteiger partial charge in [0.15, 0.2) is 0 Å². The van der Waals surface area contributed by atoms with E-state index in [4.69, 9.17) is 9.47 Å². The van der Waals surface area contributed by atoms with Crippen LogP contribution in [0.5, 0.6) is 0 Å². The van der Waals surface area contributed by atoms with Crippen LogP contribution >= 0.6 is 0 Å². The second-order valence-electron chi connectivity index (χ2n) is 2.21. The van der Waals surface area contributed by atoms with Gasteiger partial charge in [-0.05, 0) is 6.92 Å². The average molecular weight is 142 g/mol. The van der Waals surface area contributed by atoms with Crippen LogP contribution in [0.3, 0.4) is 0 Å². The van der Waals surface area contributed by atoms with Gasteiger partial charge < -0.3 is 9.47 Å². The van der Waals surface area contributed by atoms with Crippen molar-refractivity contribution in [3.63, 3.8) is 0 Å². The van der Waals surface area contributed by atoms with Crippen LogP contribution in [0.2, 0.25) is 0 Å². The molecule has 1 heterocycles. The highest BCUT2D eigenvalue weighted by Crippen LogP contribution is 2.20. The summed E-state index contributed by atoms with van der Waals surface area (Å²) in [6.45, 7) is 5.55. The molecule has 0 radical (unpaired) electrons. The first kappa shape index (κ1) is 7.28. The molecule has 0 bridgehead atoms. The third-order valence-electron chi connectivity index (χ3n) is 1.39. The normalized spacial score (nSPS) is 29.3. The van der Waals surface area contributed by atoms with E-state index in [1.807, 2.05) is 6.92 Å². The predicted octanol–water partition coefficient (Wildman–Crippen LogP) is 0.503. The molecule has 0 aromatic carbocycles. The van der Waals surface area contributed by atoms with Crippen molar-refractivity contribution < 1.29 is 14.3 Å². The second kappa shape index (κ2) is 2.84. The van der Waals surface area contributed by atoms with Gasteiger partial charge in [-0.15, -0.1) is 0 Å². The van der Waals surface area contributed by atoms with Gasteiger partial charge in [0.05, 0.1) is 6.10 Å². The minimum Gasteiger partial charge on any atom is -0.460 e. The topological polar surface area (TPSA) is 38.8 Å². The van der Waals surface area contributed by atoms with Crippen molar-refractivity contribution in [2.75, 3.05) is 6.61 Å². The number of hydrogen-bond acceptors (Lipinski definition) is 3. The summed E-state index contributed by atoms with van der Waals surface area (Å²) in [7, 11) is 0. The number of hydrogen-bond donors (Lipinski definition) is 0. The molecule has 0 aromatic rings. The molecule has 0 aliphatic carbocycles. The van der Waals surface area contributed by atoms with E-state index in [-0.39, 0.29) is 18.2 Å². The van der Waals surface area contributed by atoms with E-state index >= 15 is 0 Å². The maximum Gasteiger partial charge on any atom is 0.330 e. The third kappa shape index (κ3) is 1.84. The lowest BCUT2D eigenvalue weighted by Gasteiger charge is -1.95. The van der Waals surface area contributed by atoms with Crippen molar-refractivity contribution in [1.29, 1.82) is 0 Å². The second-order valence-corrected chi connectivity index (χ2v) is 2.21. The highest BCUT2D eigenvalue weighted by Gasteiger charge is 2.34. The van der Waals surface area contributed by atoms with E-state index in [9.17, 15) is 4.79 Å². The Labute approximate surface area is 59.6 Å². The van der Waals surface area contributed by atoms with Crippen molar-refractivity contribution in [2.45, 2.75) is 19.1 Å². The van der Waals surface area contributed by atoms with Crippen molar-refractivity contribution in [3.8, 4) is 0 Å². The Kier molecular flexibility index (Phi) is 2.06. The summed E-state index contributed by atoms with van der Waals surface area (Å²) in [6, 6.07) is 0. The first-order chi connectivity index (χ1) is 4.74. The SMILES string of the molecule is C=CC(=O)OCC1OC1C. The van der Waals surface area contributed by atoms with Crippen molar-refractivity contribution in [2.24, 2.45) is 0 Å². The fourth-order valence-corrected chi connectivity index (χ4v) is 0.628. The lowest BCUT2D eigenvalue weighted by Crippen LogP contribution is -2.07. The monoisotopic (exact) mass is 142 g/mol. The molecule has 0 amide bonds. The molecule has 1 saturated heterocycles. The molecule has 2 atom stereocenters. The van der Waals surface area contributed by atoms with Crippen LogP contribution < -0.4 is 0 Å². The van der Waals surface area contributed by atoms with Gasteiger partial charge in [0.1, 0.15) is 12.7 Å². The zero-order valence-electron chi connectivity index (χ0n) is 5.87. The van der Waals surface area contributed by atoms with Crippen LogP contribution in [-0.4, -0.2) is 24.8 Å². The van der Waals surface area contributed by atoms with E-state index in [0.717, 1.165) is 6.08 Å². The standard InChI is InChI=1S/C7H10O3/c1-3-7(8)9-4-6-5(2)10-6/h3,5-6H,1,4H2,2H3. The van der Waals surface area contributed by atoms with Gasteiger partial charge in [0.2, 0.25) is 0 Å². The zero-order chi connectivity index (χ0) is 7.56. The number of esters is 1. The van der Waals surface area contributed by atoms with Gasteiger partial charge in [0.25, 0.3) is 0 Å². The lowest BCUT2D eigenvalue weighted by atomic mass is 10.4. The highest BCUT2D eigenvalue weighted by atomic mass is 16.6. The number of carbonyl (C=O) groups excluding carboxylic acids is 1. The Balaban J connectivity index is 2.06. The van der Waals surface area contributed by atoms with E-state index in [2.05, 4.69) is 6.58 Å². The van der Waals surface area contributed by atoms with E-state index in [0.29, 0.717) is 6.61 Å². The summed E-state index contributed by atoms with van der Waals surface area (Å²) in [5, 5.41) is 0. The van der Waals surface area contributed by atoms with Gasteiger partial charge in [-0.2, -0.15) is 0 Å². The largest absolute Gasteiger partial charge is 0.460 e. The summed E-state index contributed by atoms with van der Waals surface area (Å²) in [6.07, 6.45) is 1.51. The van der Waals surface area contributed by atoms with Gasteiger partial charge in [-0.1, -0.05) is 6.58 Å². The summed E-state index contributed by atoms with van der Waals surface area (Å²) < 4.78 is 9.70. The number of ether oxygens (including phenoxy) is 2. The molecule has 0 aromatic heterocycles. The van der Waals surface area contributed by atoms with Crippen LogP contribution in [0.25, 0.3) is 0 Å². The Hall–Kier alpha value is -0.830. The van der Waals surface area contributed by atoms with Crippen molar-refractivity contribution >= 4 is 5.97 Å². The smallest absolute Gasteiger partial charge is 0.330 e. The molecule has 1 aliphatic rings. The molecule has 10 heavy (non-hydrogen) atoms. The lowest BCUT2D eigenvalue weighted by molar-refractivity contribution is -0.138. The summed E-state index contributed by atoms with van der Waals surface area (Å²) in [5.41, 5.74) is 0. The molecule has 1 fully saturated rings. The maximum atomic E-state index is 10.5. The molecular formula is C7H10O3. The Morgan fingerprint density at radius 1 is 1.90 bits per heavy atom. The van der Waals surface area contributed by atoms with Crippen molar-refractivity contribution in [3.05, 3.63) is 12.7 Å². The van der Waals surface area contributed by atoms with Crippen LogP contribution in [0.15, 0.2) is 12.7 Å². The van der Waals surface area contributed by atoms with Gasteiger partial charge in [-0.25, -0.2) is 4.79 Å². The Bertz CT molecular complexity index is 153.